The van der Waals surface area contributed by atoms with Crippen LogP contribution in [0.25, 0.3) is 0 Å². The van der Waals surface area contributed by atoms with Crippen molar-refractivity contribution >= 4 is 23.4 Å². The molecule has 4 rings (SSSR count). The molecular formula is C20H20N2O5S. The van der Waals surface area contributed by atoms with Crippen molar-refractivity contribution in [3.05, 3.63) is 63.2 Å². The number of hydrogen-bond acceptors (Lipinski definition) is 6. The average molecular weight is 400 g/mol. The zero-order valence-electron chi connectivity index (χ0n) is 15.4. The number of benzene rings is 2. The van der Waals surface area contributed by atoms with Gasteiger partial charge in [0.2, 0.25) is 6.79 Å². The molecule has 2 heterocycles. The molecule has 0 bridgehead atoms. The first-order valence-electron chi connectivity index (χ1n) is 9.09. The Bertz CT molecular complexity index is 933. The van der Waals surface area contributed by atoms with Crippen LogP contribution in [0.2, 0.25) is 0 Å². The first-order chi connectivity index (χ1) is 13.5. The predicted molar refractivity (Wildman–Crippen MR) is 106 cm³/mol. The summed E-state index contributed by atoms with van der Waals surface area (Å²) in [6.07, 6.45) is 0.810. The van der Waals surface area contributed by atoms with Crippen molar-refractivity contribution < 1.29 is 19.2 Å². The molecule has 0 aromatic heterocycles. The lowest BCUT2D eigenvalue weighted by Crippen LogP contribution is -2.33. The van der Waals surface area contributed by atoms with Gasteiger partial charge in [0.1, 0.15) is 0 Å². The third-order valence-corrected chi connectivity index (χ3v) is 6.46. The standard InChI is InChI=1S/C20H20N2O5S/c1-13-15(3-2-4-16(13)22(24)25)20(23)21-8-7-19(28-10-9-21)14-5-6-17-18(11-14)27-12-26-17/h2-6,11,19H,7-10,12H2,1H3. The summed E-state index contributed by atoms with van der Waals surface area (Å²) in [7, 11) is 0. The van der Waals surface area contributed by atoms with Gasteiger partial charge in [0, 0.05) is 41.3 Å². The highest BCUT2D eigenvalue weighted by Gasteiger charge is 2.26. The molecule has 1 saturated heterocycles. The number of fused-ring (bicyclic) bond motifs is 1. The molecule has 8 heteroatoms. The number of rotatable bonds is 3. The fourth-order valence-corrected chi connectivity index (χ4v) is 4.80. The number of carbonyl (C=O) groups is 1. The Morgan fingerprint density at radius 2 is 2.04 bits per heavy atom. The predicted octanol–water partition coefficient (Wildman–Crippen LogP) is 3.95. The van der Waals surface area contributed by atoms with Crippen LogP contribution in [0.1, 0.15) is 33.2 Å². The van der Waals surface area contributed by atoms with Crippen LogP contribution in [-0.4, -0.2) is 41.4 Å². The number of thioether (sulfide) groups is 1. The second kappa shape index (κ2) is 7.71. The van der Waals surface area contributed by atoms with Crippen LogP contribution in [0.3, 0.4) is 0 Å². The number of nitro groups is 1. The second-order valence-corrected chi connectivity index (χ2v) is 8.07. The monoisotopic (exact) mass is 400 g/mol. The molecule has 2 aliphatic rings. The summed E-state index contributed by atoms with van der Waals surface area (Å²) in [5.74, 6) is 2.19. The Morgan fingerprint density at radius 3 is 2.86 bits per heavy atom. The van der Waals surface area contributed by atoms with Gasteiger partial charge in [0.05, 0.1) is 4.92 Å². The molecule has 28 heavy (non-hydrogen) atoms. The quantitative estimate of drug-likeness (QED) is 0.573. The normalized spacial score (nSPS) is 18.6. The van der Waals surface area contributed by atoms with Crippen molar-refractivity contribution in [2.45, 2.75) is 18.6 Å². The van der Waals surface area contributed by atoms with Crippen molar-refractivity contribution in [2.24, 2.45) is 0 Å². The van der Waals surface area contributed by atoms with E-state index in [2.05, 4.69) is 0 Å². The van der Waals surface area contributed by atoms with Gasteiger partial charge in [-0.25, -0.2) is 0 Å². The zero-order valence-corrected chi connectivity index (χ0v) is 16.2. The maximum absolute atomic E-state index is 13.0. The Morgan fingerprint density at radius 1 is 1.21 bits per heavy atom. The second-order valence-electron chi connectivity index (χ2n) is 6.76. The summed E-state index contributed by atoms with van der Waals surface area (Å²) in [6.45, 7) is 3.11. The molecular weight excluding hydrogens is 380 g/mol. The van der Waals surface area contributed by atoms with Crippen molar-refractivity contribution in [1.29, 1.82) is 0 Å². The number of hydrogen-bond donors (Lipinski definition) is 0. The maximum atomic E-state index is 13.0. The summed E-state index contributed by atoms with van der Waals surface area (Å²) in [4.78, 5) is 25.5. The Balaban J connectivity index is 1.49. The summed E-state index contributed by atoms with van der Waals surface area (Å²) in [6, 6.07) is 10.7. The molecule has 146 valence electrons. The minimum absolute atomic E-state index is 0.0201. The third kappa shape index (κ3) is 3.52. The van der Waals surface area contributed by atoms with E-state index in [1.165, 1.54) is 6.07 Å². The van der Waals surface area contributed by atoms with Crippen LogP contribution >= 0.6 is 11.8 Å². The van der Waals surface area contributed by atoms with Crippen LogP contribution in [-0.2, 0) is 0 Å². The zero-order chi connectivity index (χ0) is 19.7. The van der Waals surface area contributed by atoms with Crippen molar-refractivity contribution in [3.8, 4) is 11.5 Å². The molecule has 1 unspecified atom stereocenters. The number of nitrogens with zero attached hydrogens (tertiary/aromatic N) is 2. The van der Waals surface area contributed by atoms with E-state index in [0.717, 1.165) is 29.2 Å². The SMILES string of the molecule is Cc1c(C(=O)N2CCSC(c3ccc4c(c3)OCO4)CC2)cccc1[N+](=O)[O-]. The van der Waals surface area contributed by atoms with Crippen LogP contribution < -0.4 is 9.47 Å². The van der Waals surface area contributed by atoms with Gasteiger partial charge in [-0.1, -0.05) is 12.1 Å². The summed E-state index contributed by atoms with van der Waals surface area (Å²) in [5.41, 5.74) is 1.96. The van der Waals surface area contributed by atoms with E-state index in [1.807, 2.05) is 30.0 Å². The fraction of sp³-hybridized carbons (Fsp3) is 0.350. The van der Waals surface area contributed by atoms with Crippen LogP contribution in [0, 0.1) is 17.0 Å². The first-order valence-corrected chi connectivity index (χ1v) is 10.1. The Labute approximate surface area is 166 Å². The summed E-state index contributed by atoms with van der Waals surface area (Å²) in [5, 5.41) is 11.4. The highest BCUT2D eigenvalue weighted by atomic mass is 32.2. The average Bonchev–Trinajstić information content (AvgIpc) is 3.02. The minimum atomic E-state index is -0.444. The van der Waals surface area contributed by atoms with E-state index >= 15 is 0 Å². The minimum Gasteiger partial charge on any atom is -0.454 e. The highest BCUT2D eigenvalue weighted by Crippen LogP contribution is 2.40. The van der Waals surface area contributed by atoms with Crippen molar-refractivity contribution in [2.75, 3.05) is 25.6 Å². The molecule has 0 saturated carbocycles. The van der Waals surface area contributed by atoms with Gasteiger partial charge in [0.15, 0.2) is 11.5 Å². The van der Waals surface area contributed by atoms with Crippen molar-refractivity contribution in [1.82, 2.24) is 4.90 Å². The third-order valence-electron chi connectivity index (χ3n) is 5.13. The van der Waals surface area contributed by atoms with E-state index < -0.39 is 4.92 Å². The number of carbonyl (C=O) groups excluding carboxylic acids is 1. The van der Waals surface area contributed by atoms with E-state index in [0.29, 0.717) is 24.2 Å². The highest BCUT2D eigenvalue weighted by molar-refractivity contribution is 7.99. The molecule has 2 aliphatic heterocycles. The van der Waals surface area contributed by atoms with Crippen LogP contribution in [0.4, 0.5) is 5.69 Å². The maximum Gasteiger partial charge on any atom is 0.273 e. The first kappa shape index (κ1) is 18.6. The van der Waals surface area contributed by atoms with Crippen LogP contribution in [0.5, 0.6) is 11.5 Å². The molecule has 7 nitrogen and oxygen atoms in total. The van der Waals surface area contributed by atoms with Gasteiger partial charge in [-0.2, -0.15) is 11.8 Å². The van der Waals surface area contributed by atoms with E-state index in [-0.39, 0.29) is 23.6 Å². The number of ether oxygens (including phenoxy) is 2. The molecule has 2 aromatic carbocycles. The molecule has 0 spiro atoms. The lowest BCUT2D eigenvalue weighted by molar-refractivity contribution is -0.385. The molecule has 1 amide bonds. The van der Waals surface area contributed by atoms with Gasteiger partial charge in [-0.3, -0.25) is 14.9 Å². The van der Waals surface area contributed by atoms with Crippen molar-refractivity contribution in [3.63, 3.8) is 0 Å². The van der Waals surface area contributed by atoms with E-state index in [9.17, 15) is 14.9 Å². The van der Waals surface area contributed by atoms with E-state index in [1.54, 1.807) is 24.0 Å². The lowest BCUT2D eigenvalue weighted by atomic mass is 10.0. The number of amides is 1. The Hall–Kier alpha value is -2.74. The van der Waals surface area contributed by atoms with Crippen LogP contribution in [0.15, 0.2) is 36.4 Å². The molecule has 2 aromatic rings. The van der Waals surface area contributed by atoms with Gasteiger partial charge in [-0.15, -0.1) is 0 Å². The van der Waals surface area contributed by atoms with Gasteiger partial charge < -0.3 is 14.4 Å². The molecule has 0 aliphatic carbocycles. The number of nitro benzene ring substituents is 1. The lowest BCUT2D eigenvalue weighted by Gasteiger charge is -2.21. The fourth-order valence-electron chi connectivity index (χ4n) is 3.58. The smallest absolute Gasteiger partial charge is 0.273 e. The van der Waals surface area contributed by atoms with Gasteiger partial charge >= 0.3 is 0 Å². The molecule has 1 atom stereocenters. The largest absolute Gasteiger partial charge is 0.454 e. The topological polar surface area (TPSA) is 81.9 Å². The van der Waals surface area contributed by atoms with E-state index in [4.69, 9.17) is 9.47 Å². The molecule has 1 fully saturated rings. The summed E-state index contributed by atoms with van der Waals surface area (Å²) >= 11 is 1.81. The molecule has 0 radical (unpaired) electrons. The van der Waals surface area contributed by atoms with Gasteiger partial charge in [-0.05, 0) is 37.1 Å². The Kier molecular flexibility index (Phi) is 5.13. The summed E-state index contributed by atoms with van der Waals surface area (Å²) < 4.78 is 10.8. The van der Waals surface area contributed by atoms with Gasteiger partial charge in [0.25, 0.3) is 11.6 Å². The molecule has 0 N–H and O–H groups in total.